The summed E-state index contributed by atoms with van der Waals surface area (Å²) in [6.07, 6.45) is 7.96. The molecule has 1 fully saturated rings. The molecule has 90 valence electrons. The third-order valence-electron chi connectivity index (χ3n) is 3.51. The Kier molecular flexibility index (Phi) is 2.48. The lowest BCUT2D eigenvalue weighted by Crippen LogP contribution is -2.39. The van der Waals surface area contributed by atoms with Crippen molar-refractivity contribution >= 4 is 11.5 Å². The third-order valence-corrected chi connectivity index (χ3v) is 3.51. The van der Waals surface area contributed by atoms with E-state index in [1.54, 1.807) is 10.7 Å². The molecule has 0 aromatic carbocycles. The van der Waals surface area contributed by atoms with Crippen LogP contribution in [0.25, 0.3) is 5.65 Å². The SMILES string of the molecule is OCC1(Nc2ccn3nccc3n2)CCCC1. The van der Waals surface area contributed by atoms with Crippen molar-refractivity contribution in [3.05, 3.63) is 24.5 Å². The molecular formula is C12H16N4O. The Labute approximate surface area is 99.5 Å². The molecule has 17 heavy (non-hydrogen) atoms. The van der Waals surface area contributed by atoms with Crippen LogP contribution in [0.1, 0.15) is 25.7 Å². The number of hydrogen-bond acceptors (Lipinski definition) is 4. The average Bonchev–Trinajstić information content (AvgIpc) is 2.97. The molecule has 2 N–H and O–H groups in total. The number of aliphatic hydroxyl groups excluding tert-OH is 1. The monoisotopic (exact) mass is 232 g/mol. The fourth-order valence-corrected chi connectivity index (χ4v) is 2.53. The molecule has 2 aromatic heterocycles. The molecule has 5 heteroatoms. The molecule has 0 radical (unpaired) electrons. The van der Waals surface area contributed by atoms with Gasteiger partial charge in [0.25, 0.3) is 0 Å². The van der Waals surface area contributed by atoms with Crippen molar-refractivity contribution in [2.75, 3.05) is 11.9 Å². The van der Waals surface area contributed by atoms with E-state index in [4.69, 9.17) is 0 Å². The summed E-state index contributed by atoms with van der Waals surface area (Å²) in [5.74, 6) is 0.814. The molecule has 2 heterocycles. The van der Waals surface area contributed by atoms with E-state index >= 15 is 0 Å². The molecule has 0 amide bonds. The quantitative estimate of drug-likeness (QED) is 0.840. The van der Waals surface area contributed by atoms with Crippen LogP contribution in [0.4, 0.5) is 5.82 Å². The van der Waals surface area contributed by atoms with E-state index in [9.17, 15) is 5.11 Å². The van der Waals surface area contributed by atoms with Crippen molar-refractivity contribution < 1.29 is 5.11 Å². The Morgan fingerprint density at radius 1 is 1.35 bits per heavy atom. The Morgan fingerprint density at radius 2 is 2.18 bits per heavy atom. The van der Waals surface area contributed by atoms with E-state index in [1.807, 2.05) is 18.3 Å². The van der Waals surface area contributed by atoms with Crippen LogP contribution in [-0.2, 0) is 0 Å². The van der Waals surface area contributed by atoms with E-state index in [0.29, 0.717) is 0 Å². The molecule has 5 nitrogen and oxygen atoms in total. The van der Waals surface area contributed by atoms with E-state index < -0.39 is 0 Å². The minimum absolute atomic E-state index is 0.166. The van der Waals surface area contributed by atoms with Gasteiger partial charge in [0.2, 0.25) is 0 Å². The van der Waals surface area contributed by atoms with Crippen LogP contribution < -0.4 is 5.32 Å². The maximum Gasteiger partial charge on any atom is 0.157 e. The summed E-state index contributed by atoms with van der Waals surface area (Å²) in [5.41, 5.74) is 0.645. The van der Waals surface area contributed by atoms with Gasteiger partial charge in [0.1, 0.15) is 5.82 Å². The molecule has 0 atom stereocenters. The summed E-state index contributed by atoms with van der Waals surface area (Å²) < 4.78 is 1.73. The second-order valence-corrected chi connectivity index (χ2v) is 4.72. The molecule has 0 aliphatic heterocycles. The van der Waals surface area contributed by atoms with E-state index in [2.05, 4.69) is 15.4 Å². The zero-order chi connectivity index (χ0) is 11.7. The Balaban J connectivity index is 1.88. The number of rotatable bonds is 3. The lowest BCUT2D eigenvalue weighted by molar-refractivity contribution is 0.214. The second kappa shape index (κ2) is 4.00. The first kappa shape index (κ1) is 10.5. The summed E-state index contributed by atoms with van der Waals surface area (Å²) in [5, 5.41) is 17.0. The van der Waals surface area contributed by atoms with Gasteiger partial charge in [0.05, 0.1) is 18.3 Å². The smallest absolute Gasteiger partial charge is 0.157 e. The molecule has 0 saturated heterocycles. The van der Waals surface area contributed by atoms with Crippen LogP contribution in [-0.4, -0.2) is 31.9 Å². The summed E-state index contributed by atoms with van der Waals surface area (Å²) in [6, 6.07) is 3.77. The maximum atomic E-state index is 9.54. The highest BCUT2D eigenvalue weighted by molar-refractivity contribution is 5.47. The van der Waals surface area contributed by atoms with Crippen molar-refractivity contribution in [2.24, 2.45) is 0 Å². The van der Waals surface area contributed by atoms with Crippen LogP contribution in [0.5, 0.6) is 0 Å². The zero-order valence-electron chi connectivity index (χ0n) is 9.63. The lowest BCUT2D eigenvalue weighted by Gasteiger charge is -2.28. The summed E-state index contributed by atoms with van der Waals surface area (Å²) >= 11 is 0. The first-order valence-corrected chi connectivity index (χ1v) is 6.01. The van der Waals surface area contributed by atoms with Crippen LogP contribution in [0.15, 0.2) is 24.5 Å². The van der Waals surface area contributed by atoms with Gasteiger partial charge in [0, 0.05) is 12.3 Å². The number of nitrogens with zero attached hydrogens (tertiary/aromatic N) is 3. The molecule has 2 aromatic rings. The molecule has 1 aliphatic rings. The molecular weight excluding hydrogens is 216 g/mol. The third kappa shape index (κ3) is 1.86. The molecule has 1 aliphatic carbocycles. The molecule has 1 saturated carbocycles. The fourth-order valence-electron chi connectivity index (χ4n) is 2.53. The van der Waals surface area contributed by atoms with Crippen molar-refractivity contribution in [1.29, 1.82) is 0 Å². The average molecular weight is 232 g/mol. The largest absolute Gasteiger partial charge is 0.394 e. The number of aliphatic hydroxyl groups is 1. The van der Waals surface area contributed by atoms with Crippen LogP contribution in [0.2, 0.25) is 0 Å². The lowest BCUT2D eigenvalue weighted by atomic mass is 9.99. The normalized spacial score (nSPS) is 18.6. The summed E-state index contributed by atoms with van der Waals surface area (Å²) in [7, 11) is 0. The number of nitrogens with one attached hydrogen (secondary N) is 1. The van der Waals surface area contributed by atoms with Gasteiger partial charge in [-0.1, -0.05) is 12.8 Å². The van der Waals surface area contributed by atoms with Crippen LogP contribution in [0.3, 0.4) is 0 Å². The topological polar surface area (TPSA) is 62.5 Å². The van der Waals surface area contributed by atoms with Crippen molar-refractivity contribution in [1.82, 2.24) is 14.6 Å². The van der Waals surface area contributed by atoms with Crippen molar-refractivity contribution in [2.45, 2.75) is 31.2 Å². The highest BCUT2D eigenvalue weighted by atomic mass is 16.3. The van der Waals surface area contributed by atoms with Gasteiger partial charge in [-0.15, -0.1) is 0 Å². The van der Waals surface area contributed by atoms with Crippen molar-refractivity contribution in [3.63, 3.8) is 0 Å². The first-order valence-electron chi connectivity index (χ1n) is 6.01. The van der Waals surface area contributed by atoms with E-state index in [-0.39, 0.29) is 12.1 Å². The van der Waals surface area contributed by atoms with Gasteiger partial charge in [-0.25, -0.2) is 9.50 Å². The number of fused-ring (bicyclic) bond motifs is 1. The highest BCUT2D eigenvalue weighted by Gasteiger charge is 2.33. The summed E-state index contributed by atoms with van der Waals surface area (Å²) in [6.45, 7) is 0.166. The minimum atomic E-state index is -0.175. The van der Waals surface area contributed by atoms with Crippen LogP contribution in [0, 0.1) is 0 Å². The predicted octanol–water partition coefficient (Wildman–Crippen LogP) is 1.45. The van der Waals surface area contributed by atoms with Gasteiger partial charge >= 0.3 is 0 Å². The number of hydrogen-bond donors (Lipinski definition) is 2. The highest BCUT2D eigenvalue weighted by Crippen LogP contribution is 2.32. The Bertz CT molecular complexity index is 516. The second-order valence-electron chi connectivity index (χ2n) is 4.72. The Morgan fingerprint density at radius 3 is 2.94 bits per heavy atom. The predicted molar refractivity (Wildman–Crippen MR) is 64.9 cm³/mol. The van der Waals surface area contributed by atoms with Gasteiger partial charge in [-0.05, 0) is 18.9 Å². The molecule has 0 bridgehead atoms. The van der Waals surface area contributed by atoms with Gasteiger partial charge < -0.3 is 10.4 Å². The zero-order valence-corrected chi connectivity index (χ0v) is 9.63. The first-order chi connectivity index (χ1) is 8.31. The van der Waals surface area contributed by atoms with E-state index in [0.717, 1.165) is 24.3 Å². The Hall–Kier alpha value is -1.62. The standard InChI is InChI=1S/C12H16N4O/c17-9-12(5-1-2-6-12)15-10-4-8-16-11(14-10)3-7-13-16/h3-4,7-8,17H,1-2,5-6,9H2,(H,14,15). The van der Waals surface area contributed by atoms with Gasteiger partial charge in [-0.3, -0.25) is 0 Å². The minimum Gasteiger partial charge on any atom is -0.394 e. The van der Waals surface area contributed by atoms with Gasteiger partial charge in [0.15, 0.2) is 5.65 Å². The van der Waals surface area contributed by atoms with Gasteiger partial charge in [-0.2, -0.15) is 5.10 Å². The fraction of sp³-hybridized carbons (Fsp3) is 0.500. The molecule has 0 unspecified atom stereocenters. The maximum absolute atomic E-state index is 9.54. The van der Waals surface area contributed by atoms with Crippen LogP contribution >= 0.6 is 0 Å². The van der Waals surface area contributed by atoms with E-state index in [1.165, 1.54) is 12.8 Å². The number of anilines is 1. The molecule has 0 spiro atoms. The number of aromatic nitrogens is 3. The summed E-state index contributed by atoms with van der Waals surface area (Å²) in [4.78, 5) is 4.47. The van der Waals surface area contributed by atoms with Crippen molar-refractivity contribution in [3.8, 4) is 0 Å². The molecule has 3 rings (SSSR count).